The van der Waals surface area contributed by atoms with E-state index in [2.05, 4.69) is 15.3 Å². The first kappa shape index (κ1) is 17.9. The molecule has 28 heavy (non-hydrogen) atoms. The number of aromatic amines is 2. The van der Waals surface area contributed by atoms with Crippen LogP contribution in [0.15, 0.2) is 60.9 Å². The third-order valence-corrected chi connectivity index (χ3v) is 4.84. The number of hydrogen-bond donors (Lipinski definition) is 3. The van der Waals surface area contributed by atoms with Crippen molar-refractivity contribution in [3.63, 3.8) is 0 Å². The van der Waals surface area contributed by atoms with Crippen molar-refractivity contribution in [1.82, 2.24) is 15.3 Å². The lowest BCUT2D eigenvalue weighted by molar-refractivity contribution is -0.143. The molecule has 1 amide bonds. The van der Waals surface area contributed by atoms with E-state index in [9.17, 15) is 9.59 Å². The number of fused-ring (bicyclic) bond motifs is 2. The van der Waals surface area contributed by atoms with Gasteiger partial charge in [0, 0.05) is 34.2 Å². The van der Waals surface area contributed by atoms with Gasteiger partial charge in [-0.2, -0.15) is 0 Å². The summed E-state index contributed by atoms with van der Waals surface area (Å²) in [6, 6.07) is 15.7. The minimum absolute atomic E-state index is 0.159. The maximum Gasteiger partial charge on any atom is 0.325 e. The van der Waals surface area contributed by atoms with Crippen LogP contribution < -0.4 is 5.32 Å². The Bertz CT molecular complexity index is 1070. The van der Waals surface area contributed by atoms with Crippen molar-refractivity contribution in [2.75, 3.05) is 13.2 Å². The van der Waals surface area contributed by atoms with Crippen molar-refractivity contribution in [2.45, 2.75) is 12.8 Å². The van der Waals surface area contributed by atoms with E-state index in [0.29, 0.717) is 0 Å². The minimum Gasteiger partial charge on any atom is -0.465 e. The molecule has 0 aliphatic heterocycles. The van der Waals surface area contributed by atoms with Crippen LogP contribution in [0.25, 0.3) is 21.8 Å². The highest BCUT2D eigenvalue weighted by molar-refractivity contribution is 5.99. The van der Waals surface area contributed by atoms with Gasteiger partial charge in [0.15, 0.2) is 0 Å². The lowest BCUT2D eigenvalue weighted by Gasteiger charge is -2.16. The molecular weight excluding hydrogens is 354 g/mol. The maximum absolute atomic E-state index is 13.2. The molecule has 2 aromatic heterocycles. The Morgan fingerprint density at radius 3 is 2.00 bits per heavy atom. The summed E-state index contributed by atoms with van der Waals surface area (Å²) in [5.74, 6) is -1.27. The first-order valence-corrected chi connectivity index (χ1v) is 9.24. The third-order valence-electron chi connectivity index (χ3n) is 4.84. The Morgan fingerprint density at radius 1 is 0.929 bits per heavy atom. The van der Waals surface area contributed by atoms with Crippen LogP contribution >= 0.6 is 0 Å². The highest BCUT2D eigenvalue weighted by Gasteiger charge is 2.28. The van der Waals surface area contributed by atoms with Crippen LogP contribution in [0.2, 0.25) is 0 Å². The molecule has 0 unspecified atom stereocenters. The van der Waals surface area contributed by atoms with Gasteiger partial charge in [-0.05, 0) is 30.2 Å². The average molecular weight is 375 g/mol. The molecule has 0 radical (unpaired) electrons. The summed E-state index contributed by atoms with van der Waals surface area (Å²) < 4.78 is 4.93. The number of amides is 1. The Labute approximate surface area is 161 Å². The van der Waals surface area contributed by atoms with Crippen molar-refractivity contribution in [3.05, 3.63) is 72.1 Å². The SMILES string of the molecule is CCOC(=O)CNC(=O)C(c1c[nH]c2ccccc12)c1c[nH]c2ccccc12. The second-order valence-electron chi connectivity index (χ2n) is 6.54. The van der Waals surface area contributed by atoms with Gasteiger partial charge in [0.1, 0.15) is 6.54 Å². The summed E-state index contributed by atoms with van der Waals surface area (Å²) in [5, 5.41) is 4.68. The largest absolute Gasteiger partial charge is 0.465 e. The van der Waals surface area contributed by atoms with E-state index in [1.165, 1.54) is 0 Å². The molecule has 0 spiro atoms. The van der Waals surface area contributed by atoms with Gasteiger partial charge in [-0.25, -0.2) is 0 Å². The smallest absolute Gasteiger partial charge is 0.325 e. The predicted molar refractivity (Wildman–Crippen MR) is 108 cm³/mol. The van der Waals surface area contributed by atoms with Crippen LogP contribution in [0.5, 0.6) is 0 Å². The molecule has 142 valence electrons. The second-order valence-corrected chi connectivity index (χ2v) is 6.54. The number of carbonyl (C=O) groups is 2. The lowest BCUT2D eigenvalue weighted by atomic mass is 9.90. The summed E-state index contributed by atoms with van der Waals surface area (Å²) >= 11 is 0. The molecule has 3 N–H and O–H groups in total. The number of nitrogens with one attached hydrogen (secondary N) is 3. The number of benzene rings is 2. The first-order chi connectivity index (χ1) is 13.7. The zero-order valence-corrected chi connectivity index (χ0v) is 15.5. The van der Waals surface area contributed by atoms with Crippen LogP contribution in [0, 0.1) is 0 Å². The average Bonchev–Trinajstić information content (AvgIpc) is 3.32. The third kappa shape index (κ3) is 3.24. The molecule has 0 aliphatic rings. The summed E-state index contributed by atoms with van der Waals surface area (Å²) in [6.45, 7) is 1.86. The van der Waals surface area contributed by atoms with Crippen molar-refractivity contribution >= 4 is 33.7 Å². The van der Waals surface area contributed by atoms with Gasteiger partial charge in [-0.3, -0.25) is 9.59 Å². The molecule has 6 heteroatoms. The van der Waals surface area contributed by atoms with Crippen molar-refractivity contribution in [1.29, 1.82) is 0 Å². The monoisotopic (exact) mass is 375 g/mol. The van der Waals surface area contributed by atoms with Crippen molar-refractivity contribution < 1.29 is 14.3 Å². The minimum atomic E-state index is -0.568. The maximum atomic E-state index is 13.2. The summed E-state index contributed by atoms with van der Waals surface area (Å²) in [4.78, 5) is 31.4. The molecule has 0 bridgehead atoms. The summed E-state index contributed by atoms with van der Waals surface area (Å²) in [7, 11) is 0. The van der Waals surface area contributed by atoms with Crippen LogP contribution in [0.4, 0.5) is 0 Å². The van der Waals surface area contributed by atoms with E-state index >= 15 is 0 Å². The number of hydrogen-bond acceptors (Lipinski definition) is 3. The molecule has 2 heterocycles. The van der Waals surface area contributed by atoms with E-state index in [-0.39, 0.29) is 19.1 Å². The fourth-order valence-corrected chi connectivity index (χ4v) is 3.59. The van der Waals surface area contributed by atoms with Crippen LogP contribution in [0.1, 0.15) is 24.0 Å². The molecule has 2 aromatic carbocycles. The Balaban J connectivity index is 1.77. The van der Waals surface area contributed by atoms with Crippen LogP contribution in [-0.4, -0.2) is 35.0 Å². The van der Waals surface area contributed by atoms with Gasteiger partial charge in [0.05, 0.1) is 12.5 Å². The van der Waals surface area contributed by atoms with Crippen LogP contribution in [-0.2, 0) is 14.3 Å². The number of ether oxygens (including phenoxy) is 1. The Kier molecular flexibility index (Phi) is 4.85. The standard InChI is InChI=1S/C22H21N3O3/c1-2-28-20(26)13-25-22(27)21(16-11-23-18-9-5-3-7-14(16)18)17-12-24-19-10-6-4-8-15(17)19/h3-12,21,23-24H,2,13H2,1H3,(H,25,27). The van der Waals surface area contributed by atoms with E-state index in [1.807, 2.05) is 60.9 Å². The van der Waals surface area contributed by atoms with Gasteiger partial charge in [0.25, 0.3) is 0 Å². The Morgan fingerprint density at radius 2 is 1.46 bits per heavy atom. The van der Waals surface area contributed by atoms with Crippen LogP contribution in [0.3, 0.4) is 0 Å². The molecule has 0 fully saturated rings. The molecule has 0 saturated heterocycles. The van der Waals surface area contributed by atoms with E-state index in [4.69, 9.17) is 4.74 Å². The number of H-pyrrole nitrogens is 2. The highest BCUT2D eigenvalue weighted by atomic mass is 16.5. The van der Waals surface area contributed by atoms with Gasteiger partial charge >= 0.3 is 5.97 Å². The van der Waals surface area contributed by atoms with Gasteiger partial charge in [-0.15, -0.1) is 0 Å². The summed E-state index contributed by atoms with van der Waals surface area (Å²) in [5.41, 5.74) is 3.64. The summed E-state index contributed by atoms with van der Waals surface area (Å²) in [6.07, 6.45) is 3.72. The molecule has 4 rings (SSSR count). The second kappa shape index (κ2) is 7.60. The zero-order chi connectivity index (χ0) is 19.5. The number of esters is 1. The highest BCUT2D eigenvalue weighted by Crippen LogP contribution is 2.34. The lowest BCUT2D eigenvalue weighted by Crippen LogP contribution is -2.34. The number of aromatic nitrogens is 2. The number of carbonyl (C=O) groups excluding carboxylic acids is 2. The number of rotatable bonds is 6. The zero-order valence-electron chi connectivity index (χ0n) is 15.5. The predicted octanol–water partition coefficient (Wildman–Crippen LogP) is 3.46. The van der Waals surface area contributed by atoms with E-state index < -0.39 is 11.9 Å². The van der Waals surface area contributed by atoms with Crippen molar-refractivity contribution in [3.8, 4) is 0 Å². The molecule has 4 aromatic rings. The molecule has 6 nitrogen and oxygen atoms in total. The number of para-hydroxylation sites is 2. The van der Waals surface area contributed by atoms with Gasteiger partial charge in [-0.1, -0.05) is 36.4 Å². The van der Waals surface area contributed by atoms with E-state index in [1.54, 1.807) is 6.92 Å². The fraction of sp³-hybridized carbons (Fsp3) is 0.182. The molecule has 0 saturated carbocycles. The molecule has 0 aliphatic carbocycles. The van der Waals surface area contributed by atoms with Crippen molar-refractivity contribution in [2.24, 2.45) is 0 Å². The first-order valence-electron chi connectivity index (χ1n) is 9.24. The van der Waals surface area contributed by atoms with Gasteiger partial charge < -0.3 is 20.0 Å². The van der Waals surface area contributed by atoms with E-state index in [0.717, 1.165) is 32.9 Å². The normalized spacial score (nSPS) is 11.2. The Hall–Kier alpha value is -3.54. The molecular formula is C22H21N3O3. The molecule has 0 atom stereocenters. The fourth-order valence-electron chi connectivity index (χ4n) is 3.59. The quantitative estimate of drug-likeness (QED) is 0.451. The van der Waals surface area contributed by atoms with Gasteiger partial charge in [0.2, 0.25) is 5.91 Å². The topological polar surface area (TPSA) is 87.0 Å².